The number of thioether (sulfide) groups is 1. The number of fused-ring (bicyclic) bond motifs is 1. The van der Waals surface area contributed by atoms with Crippen LogP contribution in [0.4, 0.5) is 0 Å². The number of aliphatic imine (C=N–C) groups is 1. The molecule has 3 rings (SSSR count). The molecular weight excluding hydrogens is 376 g/mol. The second kappa shape index (κ2) is 6.94. The van der Waals surface area contributed by atoms with Crippen molar-refractivity contribution in [1.82, 2.24) is 4.90 Å². The maximum atomic E-state index is 12.5. The predicted octanol–water partition coefficient (Wildman–Crippen LogP) is 2.91. The number of nitrogens with two attached hydrogens (primary N) is 1. The van der Waals surface area contributed by atoms with Gasteiger partial charge in [0.25, 0.3) is 0 Å². The van der Waals surface area contributed by atoms with Crippen molar-refractivity contribution in [2.45, 2.75) is 13.0 Å². The fourth-order valence-corrected chi connectivity index (χ4v) is 4.06. The maximum Gasteiger partial charge on any atom is 0.338 e. The van der Waals surface area contributed by atoms with Crippen LogP contribution in [0.25, 0.3) is 0 Å². The number of halogens is 1. The first kappa shape index (κ1) is 18.2. The summed E-state index contributed by atoms with van der Waals surface area (Å²) in [5, 5.41) is 10.2. The number of ether oxygens (including phenoxy) is 2. The van der Waals surface area contributed by atoms with Gasteiger partial charge in [-0.25, -0.2) is 9.79 Å². The van der Waals surface area contributed by atoms with Crippen molar-refractivity contribution in [2.24, 2.45) is 10.7 Å². The number of hydrogen-bond acceptors (Lipinski definition) is 8. The topological polar surface area (TPSA) is 101 Å². The van der Waals surface area contributed by atoms with Crippen molar-refractivity contribution in [3.63, 3.8) is 0 Å². The van der Waals surface area contributed by atoms with Crippen molar-refractivity contribution >= 4 is 34.5 Å². The van der Waals surface area contributed by atoms with E-state index in [2.05, 4.69) is 11.1 Å². The Morgan fingerprint density at radius 2 is 2.19 bits per heavy atom. The number of benzene rings is 1. The molecule has 26 heavy (non-hydrogen) atoms. The predicted molar refractivity (Wildman–Crippen MR) is 99.2 cm³/mol. The van der Waals surface area contributed by atoms with Gasteiger partial charge < -0.3 is 15.2 Å². The van der Waals surface area contributed by atoms with Gasteiger partial charge in [-0.1, -0.05) is 17.7 Å². The van der Waals surface area contributed by atoms with E-state index in [1.165, 1.54) is 14.2 Å². The molecule has 1 unspecified atom stereocenters. The molecule has 0 aromatic heterocycles. The van der Waals surface area contributed by atoms with Crippen molar-refractivity contribution in [1.29, 1.82) is 5.26 Å². The first-order valence-electron chi connectivity index (χ1n) is 7.51. The Morgan fingerprint density at radius 3 is 2.77 bits per heavy atom. The third-order valence-electron chi connectivity index (χ3n) is 4.07. The van der Waals surface area contributed by atoms with Gasteiger partial charge in [-0.2, -0.15) is 5.26 Å². The van der Waals surface area contributed by atoms with Crippen LogP contribution in [0.15, 0.2) is 45.2 Å². The van der Waals surface area contributed by atoms with E-state index in [-0.39, 0.29) is 5.82 Å². The number of allylic oxidation sites excluding steroid dienone is 2. The Kier molecular flexibility index (Phi) is 4.85. The molecule has 2 N–H and O–H groups in total. The van der Waals surface area contributed by atoms with Crippen molar-refractivity contribution in [3.8, 4) is 11.8 Å². The molecule has 0 amide bonds. The zero-order valence-corrected chi connectivity index (χ0v) is 15.8. The fourth-order valence-electron chi connectivity index (χ4n) is 2.88. The number of esters is 1. The summed E-state index contributed by atoms with van der Waals surface area (Å²) in [5.41, 5.74) is 7.70. The summed E-state index contributed by atoms with van der Waals surface area (Å²) >= 11 is 7.44. The first-order chi connectivity index (χ1) is 12.4. The van der Waals surface area contributed by atoms with Crippen molar-refractivity contribution < 1.29 is 14.3 Å². The first-order valence-corrected chi connectivity index (χ1v) is 8.70. The molecule has 0 spiro atoms. The lowest BCUT2D eigenvalue weighted by Gasteiger charge is -2.34. The number of nitriles is 1. The van der Waals surface area contributed by atoms with Crippen LogP contribution in [-0.2, 0) is 9.53 Å². The summed E-state index contributed by atoms with van der Waals surface area (Å²) in [7, 11) is 2.83. The SMILES string of the molecule is COC(=O)C1=C(C)N=C2SC(C#N)=C(N)N2C1c1ccc(OC)c(Cl)c1. The molecule has 2 aliphatic rings. The van der Waals surface area contributed by atoms with Gasteiger partial charge in [0.15, 0.2) is 5.17 Å². The summed E-state index contributed by atoms with van der Waals surface area (Å²) in [6.45, 7) is 1.72. The molecule has 0 fully saturated rings. The number of amidine groups is 1. The van der Waals surface area contributed by atoms with Crippen LogP contribution < -0.4 is 10.5 Å². The molecule has 2 aliphatic heterocycles. The quantitative estimate of drug-likeness (QED) is 0.791. The molecule has 1 aromatic carbocycles. The zero-order chi connectivity index (χ0) is 19.0. The molecule has 134 valence electrons. The van der Waals surface area contributed by atoms with E-state index >= 15 is 0 Å². The third-order valence-corrected chi connectivity index (χ3v) is 5.35. The Hall–Kier alpha value is -2.63. The number of carbonyl (C=O) groups excluding carboxylic acids is 1. The van der Waals surface area contributed by atoms with Crippen LogP contribution in [-0.4, -0.2) is 30.3 Å². The van der Waals surface area contributed by atoms with E-state index in [4.69, 9.17) is 26.8 Å². The molecule has 9 heteroatoms. The van der Waals surface area contributed by atoms with E-state index in [9.17, 15) is 10.1 Å². The minimum Gasteiger partial charge on any atom is -0.495 e. The van der Waals surface area contributed by atoms with Gasteiger partial charge in [-0.05, 0) is 36.4 Å². The van der Waals surface area contributed by atoms with Gasteiger partial charge in [-0.15, -0.1) is 0 Å². The molecule has 0 radical (unpaired) electrons. The second-order valence-electron chi connectivity index (χ2n) is 5.48. The van der Waals surface area contributed by atoms with E-state index in [0.717, 1.165) is 11.8 Å². The van der Waals surface area contributed by atoms with E-state index in [1.807, 2.05) is 0 Å². The Balaban J connectivity index is 2.21. The molecule has 1 atom stereocenters. The minimum atomic E-state index is -0.614. The fraction of sp³-hybridized carbons (Fsp3) is 0.235. The Morgan fingerprint density at radius 1 is 1.46 bits per heavy atom. The highest BCUT2D eigenvalue weighted by Crippen LogP contribution is 2.46. The summed E-state index contributed by atoms with van der Waals surface area (Å²) in [4.78, 5) is 18.9. The van der Waals surface area contributed by atoms with Gasteiger partial charge in [0.1, 0.15) is 22.5 Å². The number of carbonyl (C=O) groups is 1. The monoisotopic (exact) mass is 390 g/mol. The normalized spacial score (nSPS) is 19.1. The summed E-state index contributed by atoms with van der Waals surface area (Å²) in [6, 6.07) is 6.64. The molecular formula is C17H15ClN4O3S. The third kappa shape index (κ3) is 2.79. The lowest BCUT2D eigenvalue weighted by atomic mass is 9.94. The van der Waals surface area contributed by atoms with Gasteiger partial charge in [0, 0.05) is 0 Å². The summed E-state index contributed by atoms with van der Waals surface area (Å²) in [5.74, 6) is 0.227. The van der Waals surface area contributed by atoms with Crippen molar-refractivity contribution in [2.75, 3.05) is 14.2 Å². The molecule has 2 heterocycles. The van der Waals surface area contributed by atoms with Gasteiger partial charge in [-0.3, -0.25) is 4.90 Å². The molecule has 0 saturated carbocycles. The van der Waals surface area contributed by atoms with Crippen LogP contribution in [0, 0.1) is 11.3 Å². The number of rotatable bonds is 3. The highest BCUT2D eigenvalue weighted by atomic mass is 35.5. The average Bonchev–Trinajstić information content (AvgIpc) is 2.95. The van der Waals surface area contributed by atoms with E-state index in [0.29, 0.717) is 37.7 Å². The molecule has 0 bridgehead atoms. The Bertz CT molecular complexity index is 932. The lowest BCUT2D eigenvalue weighted by molar-refractivity contribution is -0.136. The van der Waals surface area contributed by atoms with Crippen LogP contribution in [0.2, 0.25) is 5.02 Å². The highest BCUT2D eigenvalue weighted by molar-refractivity contribution is 8.17. The van der Waals surface area contributed by atoms with Crippen LogP contribution in [0.5, 0.6) is 5.75 Å². The zero-order valence-electron chi connectivity index (χ0n) is 14.2. The van der Waals surface area contributed by atoms with E-state index in [1.54, 1.807) is 30.0 Å². The van der Waals surface area contributed by atoms with Crippen LogP contribution in [0.1, 0.15) is 18.5 Å². The average molecular weight is 391 g/mol. The van der Waals surface area contributed by atoms with Crippen molar-refractivity contribution in [3.05, 3.63) is 50.8 Å². The second-order valence-corrected chi connectivity index (χ2v) is 6.86. The van der Waals surface area contributed by atoms with E-state index < -0.39 is 12.0 Å². The number of nitrogens with zero attached hydrogens (tertiary/aromatic N) is 3. The molecule has 0 aliphatic carbocycles. The maximum absolute atomic E-state index is 12.5. The Labute approximate surface area is 159 Å². The largest absolute Gasteiger partial charge is 0.495 e. The standard InChI is InChI=1S/C17H15ClN4O3S/c1-8-13(16(23)25-3)14(9-4-5-11(24-2)10(18)6-9)22-15(20)12(7-19)26-17(22)21-8/h4-6,14H,20H2,1-3H3. The van der Waals surface area contributed by atoms with Gasteiger partial charge in [0.2, 0.25) is 0 Å². The minimum absolute atomic E-state index is 0.238. The molecule has 1 aromatic rings. The molecule has 7 nitrogen and oxygen atoms in total. The lowest BCUT2D eigenvalue weighted by Crippen LogP contribution is -2.38. The summed E-state index contributed by atoms with van der Waals surface area (Å²) < 4.78 is 10.1. The summed E-state index contributed by atoms with van der Waals surface area (Å²) in [6.07, 6.45) is 0. The highest BCUT2D eigenvalue weighted by Gasteiger charge is 2.42. The van der Waals surface area contributed by atoms with Crippen LogP contribution in [0.3, 0.4) is 0 Å². The smallest absolute Gasteiger partial charge is 0.338 e. The number of methoxy groups -OCH3 is 2. The van der Waals surface area contributed by atoms with Gasteiger partial charge >= 0.3 is 5.97 Å². The van der Waals surface area contributed by atoms with Crippen LogP contribution >= 0.6 is 23.4 Å². The van der Waals surface area contributed by atoms with Gasteiger partial charge in [0.05, 0.1) is 36.6 Å². The molecule has 0 saturated heterocycles. The number of hydrogen-bond donors (Lipinski definition) is 1.